The van der Waals surface area contributed by atoms with Crippen LogP contribution in [0.1, 0.15) is 12.6 Å². The molecule has 0 radical (unpaired) electrons. The number of aromatic nitrogens is 2. The summed E-state index contributed by atoms with van der Waals surface area (Å²) in [6.07, 6.45) is 2.67. The third-order valence-corrected chi connectivity index (χ3v) is 2.15. The standard InChI is InChI=1S/C13H10N4O2/c1-9(18)17-11-4-2-3-5-12(11)19-13-8-15-10(6-14)7-16-13/h2-5,7-8H,1H3,(H,17,18). The van der Waals surface area contributed by atoms with Gasteiger partial charge in [0.2, 0.25) is 11.8 Å². The Hall–Kier alpha value is -2.94. The molecule has 6 heteroatoms. The Bertz CT molecular complexity index is 632. The van der Waals surface area contributed by atoms with E-state index in [1.807, 2.05) is 6.07 Å². The van der Waals surface area contributed by atoms with Crippen molar-refractivity contribution < 1.29 is 9.53 Å². The maximum absolute atomic E-state index is 11.1. The van der Waals surface area contributed by atoms with Crippen LogP contribution < -0.4 is 10.1 Å². The van der Waals surface area contributed by atoms with Gasteiger partial charge in [-0.1, -0.05) is 12.1 Å². The maximum atomic E-state index is 11.1. The van der Waals surface area contributed by atoms with E-state index in [9.17, 15) is 4.79 Å². The van der Waals surface area contributed by atoms with Gasteiger partial charge in [-0.15, -0.1) is 0 Å². The molecule has 94 valence electrons. The Morgan fingerprint density at radius 3 is 2.74 bits per heavy atom. The van der Waals surface area contributed by atoms with Crippen molar-refractivity contribution in [3.63, 3.8) is 0 Å². The normalized spacial score (nSPS) is 9.47. The predicted octanol–water partition coefficient (Wildman–Crippen LogP) is 2.10. The molecule has 0 aliphatic heterocycles. The van der Waals surface area contributed by atoms with Gasteiger partial charge in [0.05, 0.1) is 18.1 Å². The van der Waals surface area contributed by atoms with Crippen LogP contribution in [0.25, 0.3) is 0 Å². The van der Waals surface area contributed by atoms with Gasteiger partial charge in [-0.2, -0.15) is 5.26 Å². The lowest BCUT2D eigenvalue weighted by atomic mass is 10.3. The lowest BCUT2D eigenvalue weighted by Gasteiger charge is -2.09. The molecule has 0 saturated heterocycles. The highest BCUT2D eigenvalue weighted by Gasteiger charge is 2.06. The van der Waals surface area contributed by atoms with Gasteiger partial charge in [-0.3, -0.25) is 4.79 Å². The van der Waals surface area contributed by atoms with Crippen molar-refractivity contribution in [3.8, 4) is 17.7 Å². The highest BCUT2D eigenvalue weighted by atomic mass is 16.5. The molecule has 0 unspecified atom stereocenters. The molecule has 1 amide bonds. The van der Waals surface area contributed by atoms with E-state index in [2.05, 4.69) is 15.3 Å². The van der Waals surface area contributed by atoms with Crippen molar-refractivity contribution in [2.24, 2.45) is 0 Å². The van der Waals surface area contributed by atoms with Gasteiger partial charge in [-0.25, -0.2) is 9.97 Å². The molecule has 0 saturated carbocycles. The highest BCUT2D eigenvalue weighted by Crippen LogP contribution is 2.27. The number of hydrogen-bond acceptors (Lipinski definition) is 5. The summed E-state index contributed by atoms with van der Waals surface area (Å²) in [6, 6.07) is 8.84. The topological polar surface area (TPSA) is 87.9 Å². The monoisotopic (exact) mass is 254 g/mol. The largest absolute Gasteiger partial charge is 0.435 e. The van der Waals surface area contributed by atoms with Crippen LogP contribution in [0.5, 0.6) is 11.6 Å². The lowest BCUT2D eigenvalue weighted by molar-refractivity contribution is -0.114. The number of nitrogens with zero attached hydrogens (tertiary/aromatic N) is 3. The third kappa shape index (κ3) is 3.26. The Balaban J connectivity index is 2.22. The number of rotatable bonds is 3. The number of carbonyl (C=O) groups is 1. The third-order valence-electron chi connectivity index (χ3n) is 2.15. The molecular weight excluding hydrogens is 244 g/mol. The number of benzene rings is 1. The van der Waals surface area contributed by atoms with Gasteiger partial charge in [0.1, 0.15) is 6.07 Å². The van der Waals surface area contributed by atoms with Crippen LogP contribution in [0.2, 0.25) is 0 Å². The van der Waals surface area contributed by atoms with E-state index in [4.69, 9.17) is 10.00 Å². The van der Waals surface area contributed by atoms with E-state index in [1.54, 1.807) is 24.3 Å². The summed E-state index contributed by atoms with van der Waals surface area (Å²) in [5.41, 5.74) is 0.753. The van der Waals surface area contributed by atoms with Gasteiger partial charge < -0.3 is 10.1 Å². The van der Waals surface area contributed by atoms with Crippen LogP contribution in [-0.4, -0.2) is 15.9 Å². The van der Waals surface area contributed by atoms with E-state index in [-0.39, 0.29) is 17.5 Å². The van der Waals surface area contributed by atoms with Gasteiger partial charge in [0, 0.05) is 6.92 Å². The zero-order chi connectivity index (χ0) is 13.7. The molecule has 1 aromatic carbocycles. The number of para-hydroxylation sites is 2. The Labute approximate surface area is 109 Å². The number of anilines is 1. The molecular formula is C13H10N4O2. The van der Waals surface area contributed by atoms with Gasteiger partial charge in [0.25, 0.3) is 0 Å². The number of amides is 1. The second-order valence-corrected chi connectivity index (χ2v) is 3.63. The number of nitriles is 1. The van der Waals surface area contributed by atoms with Gasteiger partial charge in [-0.05, 0) is 12.1 Å². The smallest absolute Gasteiger partial charge is 0.238 e. The summed E-state index contributed by atoms with van der Waals surface area (Å²) in [6.45, 7) is 1.41. The van der Waals surface area contributed by atoms with Crippen molar-refractivity contribution in [2.45, 2.75) is 6.92 Å². The molecule has 0 aliphatic carbocycles. The van der Waals surface area contributed by atoms with Crippen LogP contribution in [0, 0.1) is 11.3 Å². The fourth-order valence-electron chi connectivity index (χ4n) is 1.39. The molecule has 0 fully saturated rings. The minimum atomic E-state index is -0.193. The molecule has 2 rings (SSSR count). The van der Waals surface area contributed by atoms with Crippen LogP contribution >= 0.6 is 0 Å². The summed E-state index contributed by atoms with van der Waals surface area (Å²) in [7, 11) is 0. The molecule has 0 bridgehead atoms. The quantitative estimate of drug-likeness (QED) is 0.906. The number of nitrogens with one attached hydrogen (secondary N) is 1. The number of ether oxygens (including phenoxy) is 1. The van der Waals surface area contributed by atoms with Crippen molar-refractivity contribution in [2.75, 3.05) is 5.32 Å². The summed E-state index contributed by atoms with van der Waals surface area (Å²) < 4.78 is 5.51. The van der Waals surface area contributed by atoms with Crippen LogP contribution in [0.4, 0.5) is 5.69 Å². The van der Waals surface area contributed by atoms with Gasteiger partial charge in [0.15, 0.2) is 11.4 Å². The first-order chi connectivity index (χ1) is 9.19. The molecule has 0 spiro atoms. The Morgan fingerprint density at radius 1 is 1.32 bits per heavy atom. The maximum Gasteiger partial charge on any atom is 0.238 e. The molecule has 6 nitrogen and oxygen atoms in total. The van der Waals surface area contributed by atoms with E-state index in [1.165, 1.54) is 19.3 Å². The zero-order valence-electron chi connectivity index (χ0n) is 10.1. The minimum absolute atomic E-state index is 0.193. The van der Waals surface area contributed by atoms with E-state index >= 15 is 0 Å². The Morgan fingerprint density at radius 2 is 2.11 bits per heavy atom. The predicted molar refractivity (Wildman–Crippen MR) is 67.6 cm³/mol. The zero-order valence-corrected chi connectivity index (χ0v) is 10.1. The first-order valence-electron chi connectivity index (χ1n) is 5.45. The molecule has 2 aromatic rings. The molecule has 19 heavy (non-hydrogen) atoms. The second kappa shape index (κ2) is 5.60. The molecule has 0 atom stereocenters. The first-order valence-corrected chi connectivity index (χ1v) is 5.45. The SMILES string of the molecule is CC(=O)Nc1ccccc1Oc1cnc(C#N)cn1. The summed E-state index contributed by atoms with van der Waals surface area (Å²) >= 11 is 0. The van der Waals surface area contributed by atoms with Crippen LogP contribution in [0.3, 0.4) is 0 Å². The fourth-order valence-corrected chi connectivity index (χ4v) is 1.39. The van der Waals surface area contributed by atoms with Crippen LogP contribution in [0.15, 0.2) is 36.7 Å². The summed E-state index contributed by atoms with van der Waals surface area (Å²) in [5.74, 6) is 0.510. The lowest BCUT2D eigenvalue weighted by Crippen LogP contribution is -2.06. The number of carbonyl (C=O) groups excluding carboxylic acids is 1. The summed E-state index contributed by atoms with van der Waals surface area (Å²) in [4.78, 5) is 18.9. The Kier molecular flexibility index (Phi) is 3.69. The van der Waals surface area contributed by atoms with Crippen molar-refractivity contribution in [1.29, 1.82) is 5.26 Å². The summed E-state index contributed by atoms with van der Waals surface area (Å²) in [5, 5.41) is 11.3. The molecule has 1 heterocycles. The van der Waals surface area contributed by atoms with Crippen LogP contribution in [-0.2, 0) is 4.79 Å². The van der Waals surface area contributed by atoms with Gasteiger partial charge >= 0.3 is 0 Å². The van der Waals surface area contributed by atoms with Crippen molar-refractivity contribution in [1.82, 2.24) is 9.97 Å². The molecule has 0 aliphatic rings. The van der Waals surface area contributed by atoms with E-state index < -0.39 is 0 Å². The number of hydrogen-bond donors (Lipinski definition) is 1. The van der Waals surface area contributed by atoms with E-state index in [0.717, 1.165) is 0 Å². The highest BCUT2D eigenvalue weighted by molar-refractivity contribution is 5.90. The average molecular weight is 254 g/mol. The molecule has 1 N–H and O–H groups in total. The first kappa shape index (κ1) is 12.5. The minimum Gasteiger partial charge on any atom is -0.435 e. The van der Waals surface area contributed by atoms with Crippen molar-refractivity contribution in [3.05, 3.63) is 42.4 Å². The fraction of sp³-hybridized carbons (Fsp3) is 0.0769. The van der Waals surface area contributed by atoms with E-state index in [0.29, 0.717) is 11.4 Å². The average Bonchev–Trinajstić information content (AvgIpc) is 2.41. The van der Waals surface area contributed by atoms with Crippen molar-refractivity contribution >= 4 is 11.6 Å². The molecule has 1 aromatic heterocycles. The second-order valence-electron chi connectivity index (χ2n) is 3.63.